The molecule has 0 aromatic carbocycles. The monoisotopic (exact) mass is 288 g/mol. The highest BCUT2D eigenvalue weighted by Crippen LogP contribution is 2.05. The van der Waals surface area contributed by atoms with Gasteiger partial charge in [-0.2, -0.15) is 0 Å². The van der Waals surface area contributed by atoms with E-state index in [1.165, 1.54) is 13.3 Å². The molecule has 112 valence electrons. The van der Waals surface area contributed by atoms with Crippen LogP contribution < -0.4 is 5.32 Å². The molecule has 0 aliphatic rings. The van der Waals surface area contributed by atoms with Crippen molar-refractivity contribution in [2.24, 2.45) is 0 Å². The molecule has 0 fully saturated rings. The lowest BCUT2D eigenvalue weighted by atomic mass is 10.2. The largest absolute Gasteiger partial charge is 0.465 e. The number of nitrogens with zero attached hydrogens (tertiary/aromatic N) is 3. The van der Waals surface area contributed by atoms with Crippen LogP contribution in [0.25, 0.3) is 0 Å². The number of rotatable bonds is 7. The molecular formula is C15H20N4O2. The van der Waals surface area contributed by atoms with Gasteiger partial charge in [-0.15, -0.1) is 0 Å². The Labute approximate surface area is 124 Å². The Morgan fingerprint density at radius 1 is 1.33 bits per heavy atom. The molecule has 1 N–H and O–H groups in total. The van der Waals surface area contributed by atoms with Gasteiger partial charge >= 0.3 is 5.97 Å². The lowest BCUT2D eigenvalue weighted by Gasteiger charge is -2.03. The quantitative estimate of drug-likeness (QED) is 0.619. The number of hydrogen-bond donors (Lipinski definition) is 1. The van der Waals surface area contributed by atoms with E-state index in [0.717, 1.165) is 30.9 Å². The number of methoxy groups -OCH3 is 1. The first-order valence-corrected chi connectivity index (χ1v) is 6.97. The smallest absolute Gasteiger partial charge is 0.339 e. The van der Waals surface area contributed by atoms with E-state index in [1.807, 2.05) is 16.8 Å². The number of imidazole rings is 1. The normalized spacial score (nSPS) is 10.6. The van der Waals surface area contributed by atoms with Gasteiger partial charge in [-0.25, -0.2) is 9.78 Å². The Morgan fingerprint density at radius 2 is 2.19 bits per heavy atom. The predicted molar refractivity (Wildman–Crippen MR) is 78.9 cm³/mol. The van der Waals surface area contributed by atoms with E-state index >= 15 is 0 Å². The molecule has 0 aliphatic heterocycles. The maximum absolute atomic E-state index is 11.3. The SMILES string of the molecule is CCCNCc1cn(Cc2ccc(C(=O)OC)cn2)cn1. The number of nitrogens with one attached hydrogen (secondary N) is 1. The minimum atomic E-state index is -0.374. The van der Waals surface area contributed by atoms with Crippen molar-refractivity contribution in [1.82, 2.24) is 19.9 Å². The molecule has 0 saturated heterocycles. The van der Waals surface area contributed by atoms with E-state index in [-0.39, 0.29) is 5.97 Å². The third-order valence-electron chi connectivity index (χ3n) is 3.01. The summed E-state index contributed by atoms with van der Waals surface area (Å²) < 4.78 is 6.62. The maximum atomic E-state index is 11.3. The van der Waals surface area contributed by atoms with Crippen molar-refractivity contribution in [2.45, 2.75) is 26.4 Å². The van der Waals surface area contributed by atoms with Crippen molar-refractivity contribution in [3.8, 4) is 0 Å². The molecule has 2 aromatic heterocycles. The summed E-state index contributed by atoms with van der Waals surface area (Å²) in [5, 5.41) is 3.31. The molecule has 0 aliphatic carbocycles. The lowest BCUT2D eigenvalue weighted by Crippen LogP contribution is -2.13. The first kappa shape index (κ1) is 15.2. The summed E-state index contributed by atoms with van der Waals surface area (Å²) in [7, 11) is 1.36. The molecule has 0 amide bonds. The summed E-state index contributed by atoms with van der Waals surface area (Å²) in [4.78, 5) is 19.9. The molecule has 0 atom stereocenters. The molecule has 2 heterocycles. The van der Waals surface area contributed by atoms with Gasteiger partial charge in [-0.1, -0.05) is 6.92 Å². The first-order valence-electron chi connectivity index (χ1n) is 6.97. The van der Waals surface area contributed by atoms with E-state index in [4.69, 9.17) is 0 Å². The number of hydrogen-bond acceptors (Lipinski definition) is 5. The van der Waals surface area contributed by atoms with E-state index < -0.39 is 0 Å². The summed E-state index contributed by atoms with van der Waals surface area (Å²) in [5.74, 6) is -0.374. The minimum Gasteiger partial charge on any atom is -0.465 e. The summed E-state index contributed by atoms with van der Waals surface area (Å²) in [6, 6.07) is 3.54. The van der Waals surface area contributed by atoms with Crippen LogP contribution in [0.5, 0.6) is 0 Å². The van der Waals surface area contributed by atoms with Gasteiger partial charge in [0.1, 0.15) is 0 Å². The van der Waals surface area contributed by atoms with Gasteiger partial charge in [-0.05, 0) is 25.1 Å². The van der Waals surface area contributed by atoms with Crippen LogP contribution in [0.2, 0.25) is 0 Å². The Morgan fingerprint density at radius 3 is 2.86 bits per heavy atom. The van der Waals surface area contributed by atoms with Crippen LogP contribution in [0.1, 0.15) is 35.1 Å². The standard InChI is InChI=1S/C15H20N4O2/c1-3-6-16-8-14-10-19(11-18-14)9-13-5-4-12(7-17-13)15(20)21-2/h4-5,7,10-11,16H,3,6,8-9H2,1-2H3. The van der Waals surface area contributed by atoms with Crippen LogP contribution in [0.3, 0.4) is 0 Å². The fourth-order valence-corrected chi connectivity index (χ4v) is 1.92. The van der Waals surface area contributed by atoms with Gasteiger partial charge in [0.25, 0.3) is 0 Å². The van der Waals surface area contributed by atoms with Crippen molar-refractivity contribution >= 4 is 5.97 Å². The van der Waals surface area contributed by atoms with Crippen LogP contribution in [0.4, 0.5) is 0 Å². The molecule has 0 saturated carbocycles. The van der Waals surface area contributed by atoms with Gasteiger partial charge < -0.3 is 14.6 Å². The highest BCUT2D eigenvalue weighted by atomic mass is 16.5. The molecule has 0 spiro atoms. The number of esters is 1. The Balaban J connectivity index is 1.93. The second kappa shape index (κ2) is 7.54. The van der Waals surface area contributed by atoms with Gasteiger partial charge in [0.15, 0.2) is 0 Å². The first-order chi connectivity index (χ1) is 10.2. The van der Waals surface area contributed by atoms with Crippen molar-refractivity contribution in [3.63, 3.8) is 0 Å². The molecule has 6 heteroatoms. The fraction of sp³-hybridized carbons (Fsp3) is 0.400. The third kappa shape index (κ3) is 4.39. The Hall–Kier alpha value is -2.21. The molecule has 0 unspecified atom stereocenters. The van der Waals surface area contributed by atoms with Gasteiger partial charge in [0, 0.05) is 18.9 Å². The van der Waals surface area contributed by atoms with Crippen molar-refractivity contribution < 1.29 is 9.53 Å². The molecule has 21 heavy (non-hydrogen) atoms. The van der Waals surface area contributed by atoms with Crippen molar-refractivity contribution in [2.75, 3.05) is 13.7 Å². The second-order valence-electron chi connectivity index (χ2n) is 4.74. The average molecular weight is 288 g/mol. The molecule has 2 rings (SSSR count). The topological polar surface area (TPSA) is 69.0 Å². The van der Waals surface area contributed by atoms with Gasteiger partial charge in [0.2, 0.25) is 0 Å². The van der Waals surface area contributed by atoms with E-state index in [2.05, 4.69) is 26.9 Å². The second-order valence-corrected chi connectivity index (χ2v) is 4.74. The van der Waals surface area contributed by atoms with Crippen LogP contribution in [-0.4, -0.2) is 34.2 Å². The van der Waals surface area contributed by atoms with Crippen molar-refractivity contribution in [3.05, 3.63) is 47.8 Å². The maximum Gasteiger partial charge on any atom is 0.339 e. The summed E-state index contributed by atoms with van der Waals surface area (Å²) in [6.45, 7) is 4.52. The molecule has 6 nitrogen and oxygen atoms in total. The zero-order valence-corrected chi connectivity index (χ0v) is 12.4. The van der Waals surface area contributed by atoms with E-state index in [9.17, 15) is 4.79 Å². The highest BCUT2D eigenvalue weighted by molar-refractivity contribution is 5.88. The van der Waals surface area contributed by atoms with Crippen molar-refractivity contribution in [1.29, 1.82) is 0 Å². The fourth-order valence-electron chi connectivity index (χ4n) is 1.92. The highest BCUT2D eigenvalue weighted by Gasteiger charge is 2.06. The Bertz CT molecular complexity index is 578. The van der Waals surface area contributed by atoms with Gasteiger partial charge in [0.05, 0.1) is 36.9 Å². The predicted octanol–water partition coefficient (Wildman–Crippen LogP) is 1.61. The number of carbonyl (C=O) groups is 1. The van der Waals surface area contributed by atoms with Crippen LogP contribution in [-0.2, 0) is 17.8 Å². The van der Waals surface area contributed by atoms with Crippen LogP contribution in [0, 0.1) is 0 Å². The summed E-state index contributed by atoms with van der Waals surface area (Å²) in [6.07, 6.45) is 6.43. The molecule has 0 bridgehead atoms. The Kier molecular flexibility index (Phi) is 5.45. The zero-order valence-electron chi connectivity index (χ0n) is 12.4. The summed E-state index contributed by atoms with van der Waals surface area (Å²) in [5.41, 5.74) is 2.33. The van der Waals surface area contributed by atoms with Crippen LogP contribution in [0.15, 0.2) is 30.9 Å². The molecule has 0 radical (unpaired) electrons. The summed E-state index contributed by atoms with van der Waals surface area (Å²) >= 11 is 0. The number of ether oxygens (including phenoxy) is 1. The number of pyridine rings is 1. The third-order valence-corrected chi connectivity index (χ3v) is 3.01. The van der Waals surface area contributed by atoms with Gasteiger partial charge in [-0.3, -0.25) is 4.98 Å². The molecule has 2 aromatic rings. The minimum absolute atomic E-state index is 0.374. The molecular weight excluding hydrogens is 268 g/mol. The van der Waals surface area contributed by atoms with Crippen LogP contribution >= 0.6 is 0 Å². The van der Waals surface area contributed by atoms with E-state index in [1.54, 1.807) is 12.4 Å². The number of carbonyl (C=O) groups excluding carboxylic acids is 1. The average Bonchev–Trinajstić information content (AvgIpc) is 2.95. The number of aromatic nitrogens is 3. The van der Waals surface area contributed by atoms with E-state index in [0.29, 0.717) is 12.1 Å². The zero-order chi connectivity index (χ0) is 15.1. The lowest BCUT2D eigenvalue weighted by molar-refractivity contribution is 0.0600.